The lowest BCUT2D eigenvalue weighted by molar-refractivity contribution is 0.0474. The van der Waals surface area contributed by atoms with Gasteiger partial charge in [-0.05, 0) is 52.9 Å². The summed E-state index contributed by atoms with van der Waals surface area (Å²) in [5.41, 5.74) is 1.59. The van der Waals surface area contributed by atoms with Crippen LogP contribution in [0.25, 0.3) is 16.7 Å². The first-order valence-corrected chi connectivity index (χ1v) is 8.62. The third-order valence-corrected chi connectivity index (χ3v) is 4.36. The van der Waals surface area contributed by atoms with Gasteiger partial charge >= 0.3 is 11.6 Å². The Morgan fingerprint density at radius 3 is 2.70 bits per heavy atom. The van der Waals surface area contributed by atoms with Gasteiger partial charge in [-0.2, -0.15) is 0 Å². The number of carbonyl (C=O) groups excluding carboxylic acids is 1. The van der Waals surface area contributed by atoms with Crippen LogP contribution >= 0.6 is 15.9 Å². The van der Waals surface area contributed by atoms with Crippen molar-refractivity contribution < 1.29 is 13.9 Å². The monoisotopic (exact) mass is 426 g/mol. The summed E-state index contributed by atoms with van der Waals surface area (Å²) in [5.74, 6) is -0.503. The lowest BCUT2D eigenvalue weighted by atomic mass is 10.1. The van der Waals surface area contributed by atoms with Gasteiger partial charge in [-0.1, -0.05) is 15.9 Å². The Labute approximate surface area is 160 Å². The molecule has 4 rings (SSSR count). The Kier molecular flexibility index (Phi) is 4.51. The summed E-state index contributed by atoms with van der Waals surface area (Å²) in [5, 5.41) is 11.6. The van der Waals surface area contributed by atoms with E-state index in [2.05, 4.69) is 31.5 Å². The van der Waals surface area contributed by atoms with Gasteiger partial charge in [-0.25, -0.2) is 14.3 Å². The van der Waals surface area contributed by atoms with Crippen LogP contribution in [-0.4, -0.2) is 26.2 Å². The number of benzene rings is 2. The van der Waals surface area contributed by atoms with Crippen molar-refractivity contribution in [2.45, 2.75) is 6.61 Å². The van der Waals surface area contributed by atoms with E-state index in [1.54, 1.807) is 36.4 Å². The Bertz CT molecular complexity index is 1170. The SMILES string of the molecule is O=C(OCc1cc(=O)oc2cc(Br)ccc12)c1ccc(-n2cnnn2)cc1. The third-order valence-electron chi connectivity index (χ3n) is 3.87. The predicted octanol–water partition coefficient (Wildman–Crippen LogP) is 2.89. The Hall–Kier alpha value is -3.33. The van der Waals surface area contributed by atoms with E-state index >= 15 is 0 Å². The van der Waals surface area contributed by atoms with Crippen LogP contribution in [-0.2, 0) is 11.3 Å². The summed E-state index contributed by atoms with van der Waals surface area (Å²) >= 11 is 3.33. The first-order valence-electron chi connectivity index (χ1n) is 7.83. The second-order valence-corrected chi connectivity index (χ2v) is 6.52. The zero-order chi connectivity index (χ0) is 18.8. The highest BCUT2D eigenvalue weighted by Crippen LogP contribution is 2.22. The summed E-state index contributed by atoms with van der Waals surface area (Å²) < 4.78 is 12.8. The van der Waals surface area contributed by atoms with Gasteiger partial charge < -0.3 is 9.15 Å². The Morgan fingerprint density at radius 1 is 1.15 bits per heavy atom. The second-order valence-electron chi connectivity index (χ2n) is 5.61. The number of esters is 1. The molecule has 0 aliphatic rings. The molecule has 0 bridgehead atoms. The summed E-state index contributed by atoms with van der Waals surface area (Å²) in [6.45, 7) is -0.0443. The third kappa shape index (κ3) is 3.63. The largest absolute Gasteiger partial charge is 0.457 e. The van der Waals surface area contributed by atoms with Crippen molar-refractivity contribution in [1.82, 2.24) is 20.2 Å². The van der Waals surface area contributed by atoms with Crippen LogP contribution in [0.1, 0.15) is 15.9 Å². The fraction of sp³-hybridized carbons (Fsp3) is 0.0556. The van der Waals surface area contributed by atoms with Gasteiger partial charge in [0.1, 0.15) is 18.5 Å². The first-order chi connectivity index (χ1) is 13.1. The van der Waals surface area contributed by atoms with Gasteiger partial charge in [-0.3, -0.25) is 0 Å². The van der Waals surface area contributed by atoms with E-state index in [0.29, 0.717) is 27.8 Å². The van der Waals surface area contributed by atoms with Crippen LogP contribution in [0, 0.1) is 0 Å². The van der Waals surface area contributed by atoms with Crippen LogP contribution < -0.4 is 5.63 Å². The lowest BCUT2D eigenvalue weighted by Crippen LogP contribution is -2.08. The topological polar surface area (TPSA) is 100 Å². The second kappa shape index (κ2) is 7.12. The smallest absolute Gasteiger partial charge is 0.338 e. The van der Waals surface area contributed by atoms with Crippen LogP contribution in [0.2, 0.25) is 0 Å². The van der Waals surface area contributed by atoms with Crippen molar-refractivity contribution in [2.75, 3.05) is 0 Å². The molecule has 9 heteroatoms. The zero-order valence-corrected chi connectivity index (χ0v) is 15.3. The molecule has 0 fully saturated rings. The molecule has 0 radical (unpaired) electrons. The van der Waals surface area contributed by atoms with E-state index < -0.39 is 11.6 Å². The van der Waals surface area contributed by atoms with Gasteiger partial charge in [0.05, 0.1) is 11.3 Å². The highest BCUT2D eigenvalue weighted by Gasteiger charge is 2.11. The molecule has 8 nitrogen and oxygen atoms in total. The average molecular weight is 427 g/mol. The number of hydrogen-bond donors (Lipinski definition) is 0. The Morgan fingerprint density at radius 2 is 1.96 bits per heavy atom. The number of ether oxygens (including phenoxy) is 1. The molecular weight excluding hydrogens is 416 g/mol. The summed E-state index contributed by atoms with van der Waals surface area (Å²) in [6.07, 6.45) is 1.46. The molecule has 27 heavy (non-hydrogen) atoms. The van der Waals surface area contributed by atoms with Gasteiger partial charge in [0.2, 0.25) is 0 Å². The fourth-order valence-electron chi connectivity index (χ4n) is 2.58. The van der Waals surface area contributed by atoms with Crippen LogP contribution in [0.4, 0.5) is 0 Å². The molecule has 2 heterocycles. The molecule has 4 aromatic rings. The number of halogens is 1. The van der Waals surface area contributed by atoms with E-state index in [9.17, 15) is 9.59 Å². The van der Waals surface area contributed by atoms with Gasteiger partial charge in [0, 0.05) is 21.5 Å². The molecule has 2 aromatic carbocycles. The zero-order valence-electron chi connectivity index (χ0n) is 13.7. The van der Waals surface area contributed by atoms with E-state index in [-0.39, 0.29) is 6.61 Å². The van der Waals surface area contributed by atoms with Crippen molar-refractivity contribution in [3.8, 4) is 5.69 Å². The molecular formula is C18H11BrN4O4. The number of carbonyl (C=O) groups is 1. The van der Waals surface area contributed by atoms with Gasteiger partial charge in [0.15, 0.2) is 0 Å². The molecule has 134 valence electrons. The number of hydrogen-bond acceptors (Lipinski definition) is 7. The number of aromatic nitrogens is 4. The maximum absolute atomic E-state index is 12.3. The quantitative estimate of drug-likeness (QED) is 0.365. The normalized spacial score (nSPS) is 10.9. The number of fused-ring (bicyclic) bond motifs is 1. The minimum absolute atomic E-state index is 0.0443. The van der Waals surface area contributed by atoms with Crippen LogP contribution in [0.15, 0.2) is 68.5 Å². The highest BCUT2D eigenvalue weighted by molar-refractivity contribution is 9.10. The number of tetrazole rings is 1. The molecule has 0 spiro atoms. The summed E-state index contributed by atoms with van der Waals surface area (Å²) in [4.78, 5) is 24.1. The lowest BCUT2D eigenvalue weighted by Gasteiger charge is -2.08. The van der Waals surface area contributed by atoms with E-state index in [4.69, 9.17) is 9.15 Å². The fourth-order valence-corrected chi connectivity index (χ4v) is 2.92. The van der Waals surface area contributed by atoms with Crippen molar-refractivity contribution in [2.24, 2.45) is 0 Å². The molecule has 0 aliphatic heterocycles. The van der Waals surface area contributed by atoms with Gasteiger partial charge in [0.25, 0.3) is 0 Å². The van der Waals surface area contributed by atoms with E-state index in [1.807, 2.05) is 6.07 Å². The Balaban J connectivity index is 1.53. The first kappa shape index (κ1) is 17.1. The molecule has 0 aliphatic carbocycles. The summed E-state index contributed by atoms with van der Waals surface area (Å²) in [6, 6.07) is 13.3. The molecule has 0 N–H and O–H groups in total. The number of nitrogens with zero attached hydrogens (tertiary/aromatic N) is 4. The predicted molar refractivity (Wildman–Crippen MR) is 98.5 cm³/mol. The van der Waals surface area contributed by atoms with Crippen molar-refractivity contribution in [3.63, 3.8) is 0 Å². The maximum Gasteiger partial charge on any atom is 0.338 e. The molecule has 0 amide bonds. The van der Waals surface area contributed by atoms with E-state index in [0.717, 1.165) is 4.47 Å². The van der Waals surface area contributed by atoms with Crippen molar-refractivity contribution >= 4 is 32.9 Å². The van der Waals surface area contributed by atoms with Gasteiger partial charge in [-0.15, -0.1) is 5.10 Å². The maximum atomic E-state index is 12.3. The minimum Gasteiger partial charge on any atom is -0.457 e. The molecule has 0 saturated carbocycles. The standard InChI is InChI=1S/C18H11BrN4O4/c19-13-3-6-15-12(7-17(24)27-16(15)8-13)9-26-18(25)11-1-4-14(5-2-11)23-10-20-21-22-23/h1-8,10H,9H2. The average Bonchev–Trinajstić information content (AvgIpc) is 3.20. The van der Waals surface area contributed by atoms with Crippen molar-refractivity contribution in [1.29, 1.82) is 0 Å². The number of rotatable bonds is 4. The van der Waals surface area contributed by atoms with E-state index in [1.165, 1.54) is 17.1 Å². The summed E-state index contributed by atoms with van der Waals surface area (Å²) in [7, 11) is 0. The molecule has 0 saturated heterocycles. The molecule has 0 unspecified atom stereocenters. The van der Waals surface area contributed by atoms with Crippen LogP contribution in [0.3, 0.4) is 0 Å². The molecule has 0 atom stereocenters. The van der Waals surface area contributed by atoms with Crippen molar-refractivity contribution in [3.05, 3.63) is 80.9 Å². The minimum atomic E-state index is -0.503. The van der Waals surface area contributed by atoms with Crippen LogP contribution in [0.5, 0.6) is 0 Å². The molecule has 2 aromatic heterocycles. The highest BCUT2D eigenvalue weighted by atomic mass is 79.9.